The normalized spacial score (nSPS) is 22.6. The van der Waals surface area contributed by atoms with Crippen LogP contribution >= 0.6 is 0 Å². The van der Waals surface area contributed by atoms with Crippen molar-refractivity contribution >= 4 is 10.0 Å². The molecule has 1 aliphatic heterocycles. The molecule has 0 N–H and O–H groups in total. The summed E-state index contributed by atoms with van der Waals surface area (Å²) in [7, 11) is -3.74. The second-order valence-electron chi connectivity index (χ2n) is 8.68. The Hall–Kier alpha value is -2.59. The molecule has 3 aromatic rings. The van der Waals surface area contributed by atoms with E-state index < -0.39 is 15.4 Å². The summed E-state index contributed by atoms with van der Waals surface area (Å²) >= 11 is 0. The summed E-state index contributed by atoms with van der Waals surface area (Å²) in [6, 6.07) is 3.64. The van der Waals surface area contributed by atoms with Crippen molar-refractivity contribution in [3.8, 4) is 11.5 Å². The van der Waals surface area contributed by atoms with E-state index in [1.165, 1.54) is 0 Å². The van der Waals surface area contributed by atoms with E-state index in [4.69, 9.17) is 14.0 Å². The van der Waals surface area contributed by atoms with E-state index in [0.29, 0.717) is 42.2 Å². The van der Waals surface area contributed by atoms with Crippen LogP contribution in [-0.4, -0.2) is 46.1 Å². The number of piperidine rings is 1. The maximum absolute atomic E-state index is 13.5. The number of pyridine rings is 1. The molecule has 0 aromatic carbocycles. The maximum Gasteiger partial charge on any atom is 0.258 e. The summed E-state index contributed by atoms with van der Waals surface area (Å²) < 4.78 is 39.2. The SMILES string of the molecule is Cc1noc(C)c1S(=O)(=O)N1CCCC(CC2CC2)(c2noc(-c3ccncc3)n2)C1. The molecule has 1 unspecified atom stereocenters. The Bertz CT molecular complexity index is 1170. The third kappa shape index (κ3) is 3.67. The molecule has 0 radical (unpaired) electrons. The van der Waals surface area contributed by atoms with Crippen LogP contribution in [0.15, 0.2) is 38.5 Å². The van der Waals surface area contributed by atoms with Crippen molar-refractivity contribution in [1.82, 2.24) is 24.6 Å². The fraction of sp³-hybridized carbons (Fsp3) is 0.524. The van der Waals surface area contributed by atoms with Crippen molar-refractivity contribution < 1.29 is 17.5 Å². The lowest BCUT2D eigenvalue weighted by Gasteiger charge is -2.40. The molecular formula is C21H25N5O4S. The van der Waals surface area contributed by atoms with Gasteiger partial charge in [-0.1, -0.05) is 23.2 Å². The van der Waals surface area contributed by atoms with Gasteiger partial charge in [0.25, 0.3) is 5.89 Å². The number of aryl methyl sites for hydroxylation is 2. The van der Waals surface area contributed by atoms with Crippen molar-refractivity contribution in [3.63, 3.8) is 0 Å². The molecule has 1 atom stereocenters. The minimum atomic E-state index is -3.74. The molecule has 1 saturated carbocycles. The zero-order valence-electron chi connectivity index (χ0n) is 17.6. The molecule has 4 heterocycles. The fourth-order valence-corrected chi connectivity index (χ4v) is 6.49. The molecule has 3 aromatic heterocycles. The Morgan fingerprint density at radius 2 is 1.94 bits per heavy atom. The van der Waals surface area contributed by atoms with Gasteiger partial charge >= 0.3 is 0 Å². The van der Waals surface area contributed by atoms with Crippen molar-refractivity contribution in [2.24, 2.45) is 5.92 Å². The van der Waals surface area contributed by atoms with Crippen LogP contribution in [0.1, 0.15) is 49.4 Å². The molecule has 5 rings (SSSR count). The minimum absolute atomic E-state index is 0.167. The second kappa shape index (κ2) is 7.52. The monoisotopic (exact) mass is 443 g/mol. The van der Waals surface area contributed by atoms with Gasteiger partial charge in [0.1, 0.15) is 10.6 Å². The highest BCUT2D eigenvalue weighted by molar-refractivity contribution is 7.89. The molecule has 164 valence electrons. The number of hydrogen-bond acceptors (Lipinski definition) is 8. The molecule has 9 nitrogen and oxygen atoms in total. The van der Waals surface area contributed by atoms with E-state index in [9.17, 15) is 8.42 Å². The third-order valence-corrected chi connectivity index (χ3v) is 8.40. The van der Waals surface area contributed by atoms with E-state index >= 15 is 0 Å². The van der Waals surface area contributed by atoms with E-state index in [0.717, 1.165) is 37.7 Å². The van der Waals surface area contributed by atoms with Crippen LogP contribution in [0.3, 0.4) is 0 Å². The van der Waals surface area contributed by atoms with Crippen LogP contribution in [0.2, 0.25) is 0 Å². The van der Waals surface area contributed by atoms with Crippen LogP contribution in [0.4, 0.5) is 0 Å². The number of hydrogen-bond donors (Lipinski definition) is 0. The average molecular weight is 444 g/mol. The van der Waals surface area contributed by atoms with Gasteiger partial charge in [-0.2, -0.15) is 9.29 Å². The van der Waals surface area contributed by atoms with Crippen LogP contribution in [0.5, 0.6) is 0 Å². The average Bonchev–Trinajstić information content (AvgIpc) is 3.29. The van der Waals surface area contributed by atoms with Crippen molar-refractivity contribution in [1.29, 1.82) is 0 Å². The van der Waals surface area contributed by atoms with Gasteiger partial charge in [-0.3, -0.25) is 4.98 Å². The summed E-state index contributed by atoms with van der Waals surface area (Å²) in [5.74, 6) is 1.91. The molecule has 31 heavy (non-hydrogen) atoms. The van der Waals surface area contributed by atoms with Gasteiger partial charge in [-0.05, 0) is 51.2 Å². The number of sulfonamides is 1. The predicted molar refractivity (Wildman–Crippen MR) is 111 cm³/mol. The predicted octanol–water partition coefficient (Wildman–Crippen LogP) is 3.26. The lowest BCUT2D eigenvalue weighted by Crippen LogP contribution is -2.49. The summed E-state index contributed by atoms with van der Waals surface area (Å²) in [4.78, 5) is 8.91. The number of aromatic nitrogens is 4. The summed E-state index contributed by atoms with van der Waals surface area (Å²) in [6.07, 6.45) is 8.09. The number of nitrogens with zero attached hydrogens (tertiary/aromatic N) is 5. The molecule has 2 aliphatic rings. The lowest BCUT2D eigenvalue weighted by atomic mass is 9.75. The molecule has 10 heteroatoms. The Morgan fingerprint density at radius 1 is 1.16 bits per heavy atom. The first-order chi connectivity index (χ1) is 14.9. The van der Waals surface area contributed by atoms with Gasteiger partial charge in [0.05, 0.1) is 0 Å². The second-order valence-corrected chi connectivity index (χ2v) is 10.6. The highest BCUT2D eigenvalue weighted by Crippen LogP contribution is 2.46. The van der Waals surface area contributed by atoms with E-state index in [2.05, 4.69) is 15.3 Å². The van der Waals surface area contributed by atoms with Crippen molar-refractivity contribution in [2.75, 3.05) is 13.1 Å². The molecule has 0 spiro atoms. The lowest BCUT2D eigenvalue weighted by molar-refractivity contribution is 0.190. The highest BCUT2D eigenvalue weighted by Gasteiger charge is 2.48. The Kier molecular flexibility index (Phi) is 4.93. The van der Waals surface area contributed by atoms with E-state index in [1.54, 1.807) is 30.5 Å². The number of rotatable bonds is 6. The van der Waals surface area contributed by atoms with Crippen molar-refractivity contribution in [3.05, 3.63) is 41.8 Å². The van der Waals surface area contributed by atoms with Crippen LogP contribution in [-0.2, 0) is 15.4 Å². The zero-order valence-corrected chi connectivity index (χ0v) is 18.4. The van der Waals surface area contributed by atoms with E-state index in [1.807, 2.05) is 12.1 Å². The first kappa shape index (κ1) is 20.3. The van der Waals surface area contributed by atoms with Gasteiger partial charge in [0, 0.05) is 36.5 Å². The highest BCUT2D eigenvalue weighted by atomic mass is 32.2. The smallest absolute Gasteiger partial charge is 0.258 e. The van der Waals surface area contributed by atoms with Gasteiger partial charge in [-0.15, -0.1) is 0 Å². The first-order valence-electron chi connectivity index (χ1n) is 10.6. The Balaban J connectivity index is 1.51. The molecule has 0 bridgehead atoms. The van der Waals surface area contributed by atoms with Gasteiger partial charge in [0.15, 0.2) is 11.6 Å². The Morgan fingerprint density at radius 3 is 2.61 bits per heavy atom. The van der Waals surface area contributed by atoms with Gasteiger partial charge < -0.3 is 9.05 Å². The summed E-state index contributed by atoms with van der Waals surface area (Å²) in [5, 5.41) is 8.17. The zero-order chi connectivity index (χ0) is 21.6. The molecule has 0 amide bonds. The fourth-order valence-electron chi connectivity index (χ4n) is 4.63. The molecular weight excluding hydrogens is 418 g/mol. The van der Waals surface area contributed by atoms with Gasteiger partial charge in [-0.25, -0.2) is 8.42 Å². The summed E-state index contributed by atoms with van der Waals surface area (Å²) in [5.41, 5.74) is 0.710. The topological polar surface area (TPSA) is 115 Å². The minimum Gasteiger partial charge on any atom is -0.360 e. The van der Waals surface area contributed by atoms with Crippen LogP contribution < -0.4 is 0 Å². The molecule has 1 saturated heterocycles. The Labute approximate surface area is 180 Å². The van der Waals surface area contributed by atoms with Crippen LogP contribution in [0, 0.1) is 19.8 Å². The van der Waals surface area contributed by atoms with Crippen LogP contribution in [0.25, 0.3) is 11.5 Å². The molecule has 2 fully saturated rings. The quantitative estimate of drug-likeness (QED) is 0.570. The van der Waals surface area contributed by atoms with Gasteiger partial charge in [0.2, 0.25) is 10.0 Å². The van der Waals surface area contributed by atoms with E-state index in [-0.39, 0.29) is 4.90 Å². The summed E-state index contributed by atoms with van der Waals surface area (Å²) in [6.45, 7) is 4.07. The maximum atomic E-state index is 13.5. The third-order valence-electron chi connectivity index (χ3n) is 6.31. The molecule has 1 aliphatic carbocycles. The van der Waals surface area contributed by atoms with Crippen molar-refractivity contribution in [2.45, 2.75) is 56.3 Å². The largest absolute Gasteiger partial charge is 0.360 e. The first-order valence-corrected chi connectivity index (χ1v) is 12.0. The standard InChI is InChI=1S/C21H25N5O4S/c1-14-18(15(2)29-24-14)31(27,28)26-11-3-8-21(13-26,12-16-4-5-16)20-23-19(30-25-20)17-6-9-22-10-7-17/h6-7,9-10,16H,3-5,8,11-13H2,1-2H3.